The predicted octanol–water partition coefficient (Wildman–Crippen LogP) is 4.76. The molecule has 0 saturated carbocycles. The van der Waals surface area contributed by atoms with Gasteiger partial charge in [-0.15, -0.1) is 11.3 Å². The van der Waals surface area contributed by atoms with Crippen LogP contribution in [0.2, 0.25) is 0 Å². The minimum atomic E-state index is -0.528. The molecule has 1 N–H and O–H groups in total. The summed E-state index contributed by atoms with van der Waals surface area (Å²) in [5.74, 6) is 0.314. The van der Waals surface area contributed by atoms with E-state index in [1.807, 2.05) is 39.0 Å². The van der Waals surface area contributed by atoms with E-state index in [0.29, 0.717) is 30.1 Å². The maximum absolute atomic E-state index is 12.4. The molecular formula is C22H28N2O4S. The molecule has 0 atom stereocenters. The number of esters is 1. The molecule has 1 aliphatic rings. The van der Waals surface area contributed by atoms with E-state index in [2.05, 4.69) is 17.1 Å². The number of nitrogens with one attached hydrogen (secondary N) is 1. The van der Waals surface area contributed by atoms with Crippen LogP contribution in [0.3, 0.4) is 0 Å². The second kappa shape index (κ2) is 8.86. The number of carbonyl (C=O) groups is 2. The normalized spacial score (nSPS) is 13.4. The van der Waals surface area contributed by atoms with Crippen LogP contribution in [0.15, 0.2) is 30.3 Å². The standard InChI is InChI=1S/C22H28N2O4S/c1-5-6-11-23-19(25)18-14-17-20(29-18)24(12-13-27-17)16-9-7-15(8-10-16)21(26)28-22(2,3)4/h7-10,14H,5-6,11-13H2,1-4H3,(H,23,25). The maximum atomic E-state index is 12.4. The minimum Gasteiger partial charge on any atom is -0.489 e. The lowest BCUT2D eigenvalue weighted by Gasteiger charge is -2.28. The molecule has 0 fully saturated rings. The summed E-state index contributed by atoms with van der Waals surface area (Å²) < 4.78 is 11.2. The molecule has 1 aromatic carbocycles. The lowest BCUT2D eigenvalue weighted by atomic mass is 10.1. The number of rotatable bonds is 6. The first-order valence-electron chi connectivity index (χ1n) is 9.94. The molecule has 0 radical (unpaired) electrons. The van der Waals surface area contributed by atoms with Crippen LogP contribution in [-0.4, -0.2) is 37.2 Å². The van der Waals surface area contributed by atoms with Crippen LogP contribution in [0.25, 0.3) is 0 Å². The molecule has 1 amide bonds. The van der Waals surface area contributed by atoms with Crippen molar-refractivity contribution in [2.75, 3.05) is 24.6 Å². The van der Waals surface area contributed by atoms with E-state index < -0.39 is 5.60 Å². The lowest BCUT2D eigenvalue weighted by Crippen LogP contribution is -2.27. The molecule has 0 saturated heterocycles. The van der Waals surface area contributed by atoms with E-state index in [1.54, 1.807) is 12.1 Å². The smallest absolute Gasteiger partial charge is 0.338 e. The lowest BCUT2D eigenvalue weighted by molar-refractivity contribution is 0.00694. The minimum absolute atomic E-state index is 0.0679. The third-order valence-corrected chi connectivity index (χ3v) is 5.49. The van der Waals surface area contributed by atoms with E-state index in [9.17, 15) is 9.59 Å². The molecule has 29 heavy (non-hydrogen) atoms. The largest absolute Gasteiger partial charge is 0.489 e. The summed E-state index contributed by atoms with van der Waals surface area (Å²) >= 11 is 1.42. The van der Waals surface area contributed by atoms with Gasteiger partial charge < -0.3 is 19.7 Å². The van der Waals surface area contributed by atoms with Crippen molar-refractivity contribution in [1.29, 1.82) is 0 Å². The Balaban J connectivity index is 1.76. The van der Waals surface area contributed by atoms with Crippen molar-refractivity contribution < 1.29 is 19.1 Å². The molecule has 3 rings (SSSR count). The summed E-state index contributed by atoms with van der Waals surface area (Å²) in [6.45, 7) is 9.53. The van der Waals surface area contributed by atoms with Crippen molar-refractivity contribution in [2.45, 2.75) is 46.1 Å². The number of hydrogen-bond donors (Lipinski definition) is 1. The zero-order chi connectivity index (χ0) is 21.0. The molecule has 1 aromatic heterocycles. The average Bonchev–Trinajstić information content (AvgIpc) is 3.11. The monoisotopic (exact) mass is 416 g/mol. The fourth-order valence-electron chi connectivity index (χ4n) is 2.94. The van der Waals surface area contributed by atoms with Gasteiger partial charge in [0.25, 0.3) is 5.91 Å². The fraction of sp³-hybridized carbons (Fsp3) is 0.455. The van der Waals surface area contributed by atoms with Gasteiger partial charge in [0.1, 0.15) is 17.2 Å². The number of hydrogen-bond acceptors (Lipinski definition) is 6. The van der Waals surface area contributed by atoms with Crippen molar-refractivity contribution >= 4 is 33.9 Å². The second-order valence-corrected chi connectivity index (χ2v) is 8.97. The van der Waals surface area contributed by atoms with Gasteiger partial charge in [-0.3, -0.25) is 4.79 Å². The zero-order valence-electron chi connectivity index (χ0n) is 17.4. The Bertz CT molecular complexity index is 868. The van der Waals surface area contributed by atoms with Gasteiger partial charge in [0, 0.05) is 18.3 Å². The maximum Gasteiger partial charge on any atom is 0.338 e. The van der Waals surface area contributed by atoms with Gasteiger partial charge in [-0.2, -0.15) is 0 Å². The molecule has 0 bridgehead atoms. The summed E-state index contributed by atoms with van der Waals surface area (Å²) in [7, 11) is 0. The number of thiophene rings is 1. The third kappa shape index (κ3) is 5.29. The van der Waals surface area contributed by atoms with E-state index in [1.165, 1.54) is 11.3 Å². The zero-order valence-corrected chi connectivity index (χ0v) is 18.2. The van der Waals surface area contributed by atoms with Crippen LogP contribution >= 0.6 is 11.3 Å². The Hall–Kier alpha value is -2.54. The van der Waals surface area contributed by atoms with Crippen molar-refractivity contribution in [3.8, 4) is 5.75 Å². The van der Waals surface area contributed by atoms with Crippen LogP contribution < -0.4 is 15.0 Å². The highest BCUT2D eigenvalue weighted by atomic mass is 32.1. The molecule has 0 unspecified atom stereocenters. The fourth-order valence-corrected chi connectivity index (χ4v) is 4.01. The molecule has 2 heterocycles. The number of carbonyl (C=O) groups excluding carboxylic acids is 2. The van der Waals surface area contributed by atoms with Crippen LogP contribution in [0, 0.1) is 0 Å². The van der Waals surface area contributed by atoms with Gasteiger partial charge in [0.15, 0.2) is 5.75 Å². The quantitative estimate of drug-likeness (QED) is 0.543. The molecule has 2 aromatic rings. The second-order valence-electron chi connectivity index (χ2n) is 7.94. The highest BCUT2D eigenvalue weighted by Gasteiger charge is 2.25. The topological polar surface area (TPSA) is 67.9 Å². The van der Waals surface area contributed by atoms with Gasteiger partial charge in [-0.05, 0) is 51.5 Å². The van der Waals surface area contributed by atoms with Crippen LogP contribution in [0.1, 0.15) is 60.6 Å². The number of anilines is 2. The molecule has 7 heteroatoms. The predicted molar refractivity (Wildman–Crippen MR) is 116 cm³/mol. The van der Waals surface area contributed by atoms with E-state index in [4.69, 9.17) is 9.47 Å². The van der Waals surface area contributed by atoms with Crippen LogP contribution in [0.5, 0.6) is 5.75 Å². The molecule has 0 spiro atoms. The number of benzene rings is 1. The first-order valence-corrected chi connectivity index (χ1v) is 10.8. The highest BCUT2D eigenvalue weighted by molar-refractivity contribution is 7.18. The first-order chi connectivity index (χ1) is 13.8. The summed E-state index contributed by atoms with van der Waals surface area (Å²) in [6.07, 6.45) is 2.00. The van der Waals surface area contributed by atoms with Gasteiger partial charge in [-0.1, -0.05) is 13.3 Å². The number of unbranched alkanes of at least 4 members (excludes halogenated alkanes) is 1. The third-order valence-electron chi connectivity index (χ3n) is 4.35. The first kappa shape index (κ1) is 21.2. The van der Waals surface area contributed by atoms with Crippen molar-refractivity contribution in [3.05, 3.63) is 40.8 Å². The van der Waals surface area contributed by atoms with Gasteiger partial charge >= 0.3 is 5.97 Å². The Kier molecular flexibility index (Phi) is 6.47. The molecule has 6 nitrogen and oxygen atoms in total. The Morgan fingerprint density at radius 1 is 1.24 bits per heavy atom. The Labute approximate surface area is 175 Å². The van der Waals surface area contributed by atoms with E-state index in [-0.39, 0.29) is 11.9 Å². The molecular weight excluding hydrogens is 388 g/mol. The Morgan fingerprint density at radius 2 is 1.97 bits per heavy atom. The number of ether oxygens (including phenoxy) is 2. The molecule has 1 aliphatic heterocycles. The van der Waals surface area contributed by atoms with E-state index in [0.717, 1.165) is 29.3 Å². The number of amides is 1. The highest BCUT2D eigenvalue weighted by Crippen LogP contribution is 2.43. The van der Waals surface area contributed by atoms with Crippen molar-refractivity contribution in [3.63, 3.8) is 0 Å². The van der Waals surface area contributed by atoms with E-state index >= 15 is 0 Å². The summed E-state index contributed by atoms with van der Waals surface area (Å²) in [6, 6.07) is 9.14. The molecule has 0 aliphatic carbocycles. The van der Waals surface area contributed by atoms with Crippen molar-refractivity contribution in [1.82, 2.24) is 5.32 Å². The van der Waals surface area contributed by atoms with Crippen LogP contribution in [-0.2, 0) is 4.74 Å². The van der Waals surface area contributed by atoms with Gasteiger partial charge in [0.2, 0.25) is 0 Å². The average molecular weight is 417 g/mol. The SMILES string of the molecule is CCCCNC(=O)c1cc2c(s1)N(c1ccc(C(=O)OC(C)(C)C)cc1)CCO2. The van der Waals surface area contributed by atoms with Crippen molar-refractivity contribution in [2.24, 2.45) is 0 Å². The number of fused-ring (bicyclic) bond motifs is 1. The summed E-state index contributed by atoms with van der Waals surface area (Å²) in [5, 5.41) is 3.85. The van der Waals surface area contributed by atoms with Gasteiger partial charge in [0.05, 0.1) is 17.0 Å². The molecule has 156 valence electrons. The van der Waals surface area contributed by atoms with Crippen LogP contribution in [0.4, 0.5) is 10.7 Å². The Morgan fingerprint density at radius 3 is 2.62 bits per heavy atom. The summed E-state index contributed by atoms with van der Waals surface area (Å²) in [4.78, 5) is 27.4. The summed E-state index contributed by atoms with van der Waals surface area (Å²) in [5.41, 5.74) is 0.931. The number of nitrogens with zero attached hydrogens (tertiary/aromatic N) is 1. The van der Waals surface area contributed by atoms with Gasteiger partial charge in [-0.25, -0.2) is 4.79 Å².